The summed E-state index contributed by atoms with van der Waals surface area (Å²) in [5, 5.41) is 3.41. The molecule has 166 valence electrons. The molecule has 0 saturated heterocycles. The van der Waals surface area contributed by atoms with Crippen molar-refractivity contribution in [2.45, 2.75) is 32.6 Å². The molecule has 0 amide bonds. The summed E-state index contributed by atoms with van der Waals surface area (Å²) < 4.78 is 53.3. The van der Waals surface area contributed by atoms with Crippen LogP contribution in [0.25, 0.3) is 5.69 Å². The standard InChI is InChI=1S/C23H23F3N2O2.ClH/c1-3-29-20-12-16-14-27-22(15-7-5-8-17(11-15)23(24,25)26)18-9-6-10-28(18)19(16)13-21(20)30-4-2;/h5-13,22,27H,3-4,14H2,1-2H3;1H. The molecule has 0 radical (unpaired) electrons. The summed E-state index contributed by atoms with van der Waals surface area (Å²) in [5.41, 5.74) is 2.67. The molecule has 2 heterocycles. The number of fused-ring (bicyclic) bond motifs is 3. The van der Waals surface area contributed by atoms with E-state index in [0.717, 1.165) is 23.0 Å². The fourth-order valence-corrected chi connectivity index (χ4v) is 3.84. The van der Waals surface area contributed by atoms with E-state index in [0.29, 0.717) is 36.8 Å². The monoisotopic (exact) mass is 452 g/mol. The van der Waals surface area contributed by atoms with Gasteiger partial charge in [-0.15, -0.1) is 12.4 Å². The first-order chi connectivity index (χ1) is 14.4. The zero-order valence-corrected chi connectivity index (χ0v) is 18.0. The summed E-state index contributed by atoms with van der Waals surface area (Å²) in [6, 6.07) is 12.8. The van der Waals surface area contributed by atoms with E-state index in [1.54, 1.807) is 6.07 Å². The Bertz CT molecular complexity index is 1050. The first-order valence-electron chi connectivity index (χ1n) is 9.93. The van der Waals surface area contributed by atoms with E-state index in [-0.39, 0.29) is 18.4 Å². The summed E-state index contributed by atoms with van der Waals surface area (Å²) in [4.78, 5) is 0. The van der Waals surface area contributed by atoms with Crippen molar-refractivity contribution in [3.63, 3.8) is 0 Å². The van der Waals surface area contributed by atoms with Crippen LogP contribution in [0.4, 0.5) is 13.2 Å². The third-order valence-electron chi connectivity index (χ3n) is 5.12. The summed E-state index contributed by atoms with van der Waals surface area (Å²) in [6.45, 7) is 5.31. The predicted octanol–water partition coefficient (Wildman–Crippen LogP) is 5.91. The van der Waals surface area contributed by atoms with Crippen LogP contribution in [0.1, 0.15) is 42.3 Å². The van der Waals surface area contributed by atoms with Gasteiger partial charge in [0.15, 0.2) is 11.5 Å². The highest BCUT2D eigenvalue weighted by Gasteiger charge is 2.32. The van der Waals surface area contributed by atoms with E-state index < -0.39 is 11.7 Å². The average molecular weight is 453 g/mol. The molecule has 3 aromatic rings. The summed E-state index contributed by atoms with van der Waals surface area (Å²) in [6.07, 6.45) is -2.47. The molecule has 1 atom stereocenters. The zero-order chi connectivity index (χ0) is 21.3. The molecule has 4 rings (SSSR count). The number of rotatable bonds is 5. The van der Waals surface area contributed by atoms with Crippen molar-refractivity contribution < 1.29 is 22.6 Å². The van der Waals surface area contributed by atoms with Crippen LogP contribution >= 0.6 is 12.4 Å². The maximum Gasteiger partial charge on any atom is 0.416 e. The second-order valence-corrected chi connectivity index (χ2v) is 7.03. The predicted molar refractivity (Wildman–Crippen MR) is 115 cm³/mol. The molecule has 4 nitrogen and oxygen atoms in total. The van der Waals surface area contributed by atoms with Gasteiger partial charge in [-0.3, -0.25) is 0 Å². The lowest BCUT2D eigenvalue weighted by Crippen LogP contribution is -2.21. The van der Waals surface area contributed by atoms with Gasteiger partial charge in [0.25, 0.3) is 0 Å². The molecule has 0 spiro atoms. The van der Waals surface area contributed by atoms with E-state index >= 15 is 0 Å². The molecule has 1 unspecified atom stereocenters. The van der Waals surface area contributed by atoms with Crippen LogP contribution in [0.15, 0.2) is 54.7 Å². The lowest BCUT2D eigenvalue weighted by atomic mass is 10.0. The van der Waals surface area contributed by atoms with Gasteiger partial charge in [0.2, 0.25) is 0 Å². The summed E-state index contributed by atoms with van der Waals surface area (Å²) >= 11 is 0. The topological polar surface area (TPSA) is 35.4 Å². The highest BCUT2D eigenvalue weighted by molar-refractivity contribution is 5.85. The normalized spacial score (nSPS) is 15.3. The number of nitrogens with one attached hydrogen (secondary N) is 1. The van der Waals surface area contributed by atoms with E-state index in [9.17, 15) is 13.2 Å². The van der Waals surface area contributed by atoms with E-state index in [4.69, 9.17) is 9.47 Å². The Morgan fingerprint density at radius 3 is 2.39 bits per heavy atom. The van der Waals surface area contributed by atoms with Gasteiger partial charge in [0.05, 0.1) is 30.5 Å². The van der Waals surface area contributed by atoms with Crippen molar-refractivity contribution in [1.82, 2.24) is 9.88 Å². The smallest absolute Gasteiger partial charge is 0.416 e. The van der Waals surface area contributed by atoms with Crippen molar-refractivity contribution in [2.75, 3.05) is 13.2 Å². The number of nitrogens with zero attached hydrogens (tertiary/aromatic N) is 1. The molecule has 1 aliphatic heterocycles. The van der Waals surface area contributed by atoms with E-state index in [2.05, 4.69) is 5.32 Å². The largest absolute Gasteiger partial charge is 0.490 e. The van der Waals surface area contributed by atoms with Crippen molar-refractivity contribution in [1.29, 1.82) is 0 Å². The van der Waals surface area contributed by atoms with Gasteiger partial charge in [0.1, 0.15) is 0 Å². The number of aromatic nitrogens is 1. The number of halogens is 4. The Kier molecular flexibility index (Phi) is 6.86. The van der Waals surface area contributed by atoms with Crippen molar-refractivity contribution >= 4 is 12.4 Å². The van der Waals surface area contributed by atoms with Gasteiger partial charge < -0.3 is 19.4 Å². The number of ether oxygens (including phenoxy) is 2. The van der Waals surface area contributed by atoms with Gasteiger partial charge in [-0.05, 0) is 55.3 Å². The molecule has 8 heteroatoms. The molecule has 0 bridgehead atoms. The fourth-order valence-electron chi connectivity index (χ4n) is 3.84. The molecule has 2 aromatic carbocycles. The van der Waals surface area contributed by atoms with Gasteiger partial charge in [-0.2, -0.15) is 13.2 Å². The number of hydrogen-bond donors (Lipinski definition) is 1. The molecular formula is C23H24ClF3N2O2. The number of hydrogen-bond acceptors (Lipinski definition) is 3. The molecule has 0 saturated carbocycles. The molecule has 1 aliphatic rings. The second kappa shape index (κ2) is 9.24. The lowest BCUT2D eigenvalue weighted by molar-refractivity contribution is -0.137. The average Bonchev–Trinajstić information content (AvgIpc) is 3.13. The Morgan fingerprint density at radius 1 is 1.00 bits per heavy atom. The van der Waals surface area contributed by atoms with E-state index in [1.807, 2.05) is 48.9 Å². The molecule has 0 fully saturated rings. The number of alkyl halides is 3. The van der Waals surface area contributed by atoms with Crippen molar-refractivity contribution in [2.24, 2.45) is 0 Å². The molecule has 31 heavy (non-hydrogen) atoms. The first kappa shape index (κ1) is 23.0. The number of benzene rings is 2. The highest BCUT2D eigenvalue weighted by atomic mass is 35.5. The quantitative estimate of drug-likeness (QED) is 0.523. The molecular weight excluding hydrogens is 429 g/mol. The van der Waals surface area contributed by atoms with E-state index in [1.165, 1.54) is 12.1 Å². The summed E-state index contributed by atoms with van der Waals surface area (Å²) in [5.74, 6) is 1.31. The Labute approximate surface area is 185 Å². The van der Waals surface area contributed by atoms with Crippen LogP contribution in [0.2, 0.25) is 0 Å². The highest BCUT2D eigenvalue weighted by Crippen LogP contribution is 2.38. The van der Waals surface area contributed by atoms with Gasteiger partial charge in [0, 0.05) is 24.5 Å². The van der Waals surface area contributed by atoms with Gasteiger partial charge >= 0.3 is 6.18 Å². The Hall–Kier alpha value is -2.64. The third-order valence-corrected chi connectivity index (χ3v) is 5.12. The zero-order valence-electron chi connectivity index (χ0n) is 17.2. The molecule has 0 aliphatic carbocycles. The minimum absolute atomic E-state index is 0. The minimum Gasteiger partial charge on any atom is -0.490 e. The molecule has 1 N–H and O–H groups in total. The van der Waals surface area contributed by atoms with Crippen molar-refractivity contribution in [3.05, 3.63) is 77.1 Å². The van der Waals surface area contributed by atoms with Gasteiger partial charge in [-0.1, -0.05) is 12.1 Å². The van der Waals surface area contributed by atoms with Crippen LogP contribution in [-0.4, -0.2) is 17.8 Å². The molecule has 1 aromatic heterocycles. The summed E-state index contributed by atoms with van der Waals surface area (Å²) in [7, 11) is 0. The maximum absolute atomic E-state index is 13.2. The maximum atomic E-state index is 13.2. The second-order valence-electron chi connectivity index (χ2n) is 7.03. The SMILES string of the molecule is CCOc1cc2c(cc1OCC)-n1cccc1C(c1cccc(C(F)(F)F)c1)NC2.Cl. The Balaban J connectivity index is 0.00000272. The van der Waals surface area contributed by atoms with Crippen LogP contribution in [-0.2, 0) is 12.7 Å². The van der Waals surface area contributed by atoms with Crippen LogP contribution in [0.3, 0.4) is 0 Å². The van der Waals surface area contributed by atoms with Crippen molar-refractivity contribution in [3.8, 4) is 17.2 Å². The third kappa shape index (κ3) is 4.52. The fraction of sp³-hybridized carbons (Fsp3) is 0.304. The Morgan fingerprint density at radius 2 is 1.71 bits per heavy atom. The van der Waals surface area contributed by atoms with Crippen LogP contribution in [0.5, 0.6) is 11.5 Å². The van der Waals surface area contributed by atoms with Gasteiger partial charge in [-0.25, -0.2) is 0 Å². The first-order valence-corrected chi connectivity index (χ1v) is 9.93. The van der Waals surface area contributed by atoms with Crippen LogP contribution < -0.4 is 14.8 Å². The lowest BCUT2D eigenvalue weighted by Gasteiger charge is -2.19. The minimum atomic E-state index is -4.38. The van der Waals surface area contributed by atoms with Crippen LogP contribution in [0, 0.1) is 0 Å².